The van der Waals surface area contributed by atoms with Gasteiger partial charge in [-0.15, -0.1) is 0 Å². The molecule has 8 nitrogen and oxygen atoms in total. The van der Waals surface area contributed by atoms with Gasteiger partial charge in [0.05, 0.1) is 50.2 Å². The summed E-state index contributed by atoms with van der Waals surface area (Å²) in [5, 5.41) is 8.95. The average Bonchev–Trinajstić information content (AvgIpc) is 3.31. The number of ether oxygens (including phenoxy) is 2. The monoisotopic (exact) mass is 397 g/mol. The van der Waals surface area contributed by atoms with Gasteiger partial charge in [-0.05, 0) is 26.0 Å². The molecule has 1 unspecified atom stereocenters. The summed E-state index contributed by atoms with van der Waals surface area (Å²) < 4.78 is 18.3. The molecular weight excluding hydrogens is 370 g/mol. The molecule has 0 amide bonds. The predicted octanol–water partition coefficient (Wildman–Crippen LogP) is 2.63. The Labute approximate surface area is 170 Å². The highest BCUT2D eigenvalue weighted by atomic mass is 16.5. The Kier molecular flexibility index (Phi) is 6.03. The van der Waals surface area contributed by atoms with Crippen molar-refractivity contribution in [2.75, 3.05) is 33.5 Å². The number of aromatic nitrogens is 4. The van der Waals surface area contributed by atoms with Gasteiger partial charge >= 0.3 is 0 Å². The molecule has 0 N–H and O–H groups in total. The van der Waals surface area contributed by atoms with E-state index in [0.29, 0.717) is 44.5 Å². The average molecular weight is 397 g/mol. The fraction of sp³-hybridized carbons (Fsp3) is 0.476. The van der Waals surface area contributed by atoms with E-state index in [0.717, 1.165) is 23.6 Å². The Morgan fingerprint density at radius 1 is 1.21 bits per heavy atom. The molecule has 1 aromatic carbocycles. The summed E-state index contributed by atoms with van der Waals surface area (Å²) in [4.78, 5) is 6.85. The molecule has 0 radical (unpaired) electrons. The molecule has 1 saturated heterocycles. The van der Waals surface area contributed by atoms with Gasteiger partial charge in [0, 0.05) is 24.9 Å². The van der Waals surface area contributed by atoms with E-state index in [2.05, 4.69) is 41.0 Å². The van der Waals surface area contributed by atoms with Crippen LogP contribution in [-0.4, -0.2) is 58.3 Å². The third kappa shape index (κ3) is 4.24. The summed E-state index contributed by atoms with van der Waals surface area (Å²) in [5.41, 5.74) is 4.41. The third-order valence-electron chi connectivity index (χ3n) is 5.30. The van der Waals surface area contributed by atoms with Crippen LogP contribution in [0.1, 0.15) is 34.7 Å². The van der Waals surface area contributed by atoms with Gasteiger partial charge in [-0.25, -0.2) is 4.68 Å². The van der Waals surface area contributed by atoms with Crippen LogP contribution in [0.15, 0.2) is 34.9 Å². The topological polar surface area (TPSA) is 78.4 Å². The van der Waals surface area contributed by atoms with Gasteiger partial charge < -0.3 is 14.0 Å². The number of benzene rings is 1. The molecule has 1 aliphatic heterocycles. The van der Waals surface area contributed by atoms with Crippen molar-refractivity contribution >= 4 is 0 Å². The van der Waals surface area contributed by atoms with Crippen LogP contribution < -0.4 is 0 Å². The molecule has 154 valence electrons. The standard InChI is InChI=1S/C21H27N5O3/c1-15-21(16(2)26(23-15)17-7-5-4-6-8-17)18-14-28-12-10-25(18)13-19-22-20(29-24-19)9-11-27-3/h4-8,18H,9-14H2,1-3H3. The highest BCUT2D eigenvalue weighted by molar-refractivity contribution is 5.38. The molecule has 2 aromatic heterocycles. The largest absolute Gasteiger partial charge is 0.384 e. The number of nitrogens with zero attached hydrogens (tertiary/aromatic N) is 5. The van der Waals surface area contributed by atoms with E-state index in [-0.39, 0.29) is 6.04 Å². The molecule has 1 atom stereocenters. The normalized spacial score (nSPS) is 17.7. The third-order valence-corrected chi connectivity index (χ3v) is 5.30. The smallest absolute Gasteiger partial charge is 0.229 e. The quantitative estimate of drug-likeness (QED) is 0.606. The predicted molar refractivity (Wildman–Crippen MR) is 107 cm³/mol. The van der Waals surface area contributed by atoms with Crippen LogP contribution in [0.4, 0.5) is 0 Å². The van der Waals surface area contributed by atoms with Crippen LogP contribution in [0.25, 0.3) is 5.69 Å². The van der Waals surface area contributed by atoms with E-state index in [4.69, 9.17) is 19.1 Å². The van der Waals surface area contributed by atoms with Gasteiger partial charge in [0.2, 0.25) is 5.89 Å². The molecule has 0 bridgehead atoms. The number of aryl methyl sites for hydroxylation is 1. The van der Waals surface area contributed by atoms with Gasteiger partial charge in [-0.1, -0.05) is 23.4 Å². The lowest BCUT2D eigenvalue weighted by atomic mass is 10.0. The van der Waals surface area contributed by atoms with E-state index in [1.54, 1.807) is 7.11 Å². The molecule has 8 heteroatoms. The SMILES string of the molecule is COCCc1nc(CN2CCOCC2c2c(C)nn(-c3ccccc3)c2C)no1. The highest BCUT2D eigenvalue weighted by Gasteiger charge is 2.31. The summed E-state index contributed by atoms with van der Waals surface area (Å²) in [5.74, 6) is 1.30. The zero-order chi connectivity index (χ0) is 20.2. The number of para-hydroxylation sites is 1. The Hall–Kier alpha value is -2.55. The fourth-order valence-electron chi connectivity index (χ4n) is 3.88. The minimum atomic E-state index is 0.0992. The number of hydrogen-bond acceptors (Lipinski definition) is 7. The second-order valence-corrected chi connectivity index (χ2v) is 7.24. The molecule has 4 rings (SSSR count). The number of methoxy groups -OCH3 is 1. The lowest BCUT2D eigenvalue weighted by molar-refractivity contribution is -0.0145. The zero-order valence-electron chi connectivity index (χ0n) is 17.2. The molecule has 0 saturated carbocycles. The second-order valence-electron chi connectivity index (χ2n) is 7.24. The van der Waals surface area contributed by atoms with Gasteiger partial charge in [-0.2, -0.15) is 10.1 Å². The van der Waals surface area contributed by atoms with E-state index in [9.17, 15) is 0 Å². The van der Waals surface area contributed by atoms with Crippen LogP contribution in [0.3, 0.4) is 0 Å². The first-order chi connectivity index (χ1) is 14.2. The molecule has 0 aliphatic carbocycles. The Bertz CT molecular complexity index is 937. The fourth-order valence-corrected chi connectivity index (χ4v) is 3.88. The van der Waals surface area contributed by atoms with Gasteiger partial charge in [-0.3, -0.25) is 4.90 Å². The van der Waals surface area contributed by atoms with Crippen LogP contribution in [0.2, 0.25) is 0 Å². The van der Waals surface area contributed by atoms with Crippen molar-refractivity contribution in [2.45, 2.75) is 32.9 Å². The van der Waals surface area contributed by atoms with Crippen LogP contribution >= 0.6 is 0 Å². The molecule has 29 heavy (non-hydrogen) atoms. The maximum absolute atomic E-state index is 5.83. The van der Waals surface area contributed by atoms with E-state index >= 15 is 0 Å². The van der Waals surface area contributed by atoms with E-state index < -0.39 is 0 Å². The number of rotatable bonds is 7. The summed E-state index contributed by atoms with van der Waals surface area (Å²) in [6.07, 6.45) is 0.623. The molecule has 0 spiro atoms. The van der Waals surface area contributed by atoms with Crippen molar-refractivity contribution in [1.82, 2.24) is 24.8 Å². The van der Waals surface area contributed by atoms with Crippen molar-refractivity contribution in [3.05, 3.63) is 59.0 Å². The molecule has 1 aliphatic rings. The van der Waals surface area contributed by atoms with Crippen LogP contribution in [0.5, 0.6) is 0 Å². The number of hydrogen-bond donors (Lipinski definition) is 0. The summed E-state index contributed by atoms with van der Waals surface area (Å²) in [6.45, 7) is 7.48. The van der Waals surface area contributed by atoms with Crippen LogP contribution in [0, 0.1) is 13.8 Å². The van der Waals surface area contributed by atoms with Gasteiger partial charge in [0.1, 0.15) is 0 Å². The highest BCUT2D eigenvalue weighted by Crippen LogP contribution is 2.31. The molecule has 3 heterocycles. The van der Waals surface area contributed by atoms with Gasteiger partial charge in [0.25, 0.3) is 0 Å². The van der Waals surface area contributed by atoms with Crippen molar-refractivity contribution in [2.24, 2.45) is 0 Å². The lowest BCUT2D eigenvalue weighted by Gasteiger charge is -2.35. The molecule has 1 fully saturated rings. The Morgan fingerprint density at radius 2 is 2.03 bits per heavy atom. The minimum absolute atomic E-state index is 0.0992. The van der Waals surface area contributed by atoms with Crippen molar-refractivity contribution < 1.29 is 14.0 Å². The van der Waals surface area contributed by atoms with E-state index in [1.807, 2.05) is 22.9 Å². The molecular formula is C21H27N5O3. The van der Waals surface area contributed by atoms with Crippen molar-refractivity contribution in [1.29, 1.82) is 0 Å². The summed E-state index contributed by atoms with van der Waals surface area (Å²) in [6, 6.07) is 10.3. The first-order valence-corrected chi connectivity index (χ1v) is 9.91. The second kappa shape index (κ2) is 8.86. The van der Waals surface area contributed by atoms with Crippen molar-refractivity contribution in [3.63, 3.8) is 0 Å². The zero-order valence-corrected chi connectivity index (χ0v) is 17.2. The maximum Gasteiger partial charge on any atom is 0.229 e. The summed E-state index contributed by atoms with van der Waals surface area (Å²) >= 11 is 0. The first-order valence-electron chi connectivity index (χ1n) is 9.91. The Balaban J connectivity index is 1.58. The molecule has 3 aromatic rings. The van der Waals surface area contributed by atoms with Gasteiger partial charge in [0.15, 0.2) is 5.82 Å². The summed E-state index contributed by atoms with van der Waals surface area (Å²) in [7, 11) is 1.66. The van der Waals surface area contributed by atoms with E-state index in [1.165, 1.54) is 5.56 Å². The maximum atomic E-state index is 5.83. The van der Waals surface area contributed by atoms with Crippen molar-refractivity contribution in [3.8, 4) is 5.69 Å². The Morgan fingerprint density at radius 3 is 2.83 bits per heavy atom. The number of morpholine rings is 1. The first kappa shape index (κ1) is 19.8. The minimum Gasteiger partial charge on any atom is -0.384 e. The van der Waals surface area contributed by atoms with Crippen LogP contribution in [-0.2, 0) is 22.4 Å². The lowest BCUT2D eigenvalue weighted by Crippen LogP contribution is -2.39.